The van der Waals surface area contributed by atoms with Gasteiger partial charge < -0.3 is 54.2 Å². The standard InChI is InChI=1S/C54H62N4O12S2/c1-34-49(71-33-56-34)37-8-6-35(7-9-37)30-55-52(63)44-28-40(60)31-58(44)53(64)51(54(2,3)4)57-46(61)32-69-25-24-67-21-20-66-22-23-68-26-27-70-42-17-10-36(11-18-42)48(62)47-43-19-14-39(59)29-45(43)72-50(47)38-12-15-41(65-5)16-13-38/h6-19,29,33,40,44,51,59-60H,20-28,30-32H2,1-5H3,(H,55,63)(H,57,61)/t40?,44?,51-/m1/s1. The molecule has 72 heavy (non-hydrogen) atoms. The smallest absolute Gasteiger partial charge is 0.246 e. The molecule has 3 atom stereocenters. The normalized spacial score (nSPS) is 15.1. The van der Waals surface area contributed by atoms with Gasteiger partial charge in [0.15, 0.2) is 5.78 Å². The second kappa shape index (κ2) is 25.4. The number of β-amino-alcohol motifs (C(OH)–C–C–N with tert-alkyl or cyclic N) is 1. The van der Waals surface area contributed by atoms with Crippen molar-refractivity contribution in [2.75, 3.05) is 73.1 Å². The van der Waals surface area contributed by atoms with Crippen LogP contribution in [0.3, 0.4) is 0 Å². The van der Waals surface area contributed by atoms with E-state index in [2.05, 4.69) is 15.6 Å². The Morgan fingerprint density at radius 3 is 2.03 bits per heavy atom. The molecule has 0 saturated carbocycles. The Balaban J connectivity index is 0.741. The first-order valence-electron chi connectivity index (χ1n) is 23.7. The molecule has 1 aliphatic heterocycles. The van der Waals surface area contributed by atoms with Gasteiger partial charge in [-0.3, -0.25) is 19.2 Å². The topological polar surface area (TPSA) is 204 Å². The van der Waals surface area contributed by atoms with Gasteiger partial charge in [0, 0.05) is 45.6 Å². The first kappa shape index (κ1) is 53.5. The summed E-state index contributed by atoms with van der Waals surface area (Å²) >= 11 is 3.02. The fraction of sp³-hybridized carbons (Fsp3) is 0.389. The van der Waals surface area contributed by atoms with E-state index in [0.29, 0.717) is 62.3 Å². The van der Waals surface area contributed by atoms with Gasteiger partial charge in [0.25, 0.3) is 0 Å². The van der Waals surface area contributed by atoms with Crippen LogP contribution in [-0.2, 0) is 39.9 Å². The van der Waals surface area contributed by atoms with Crippen molar-refractivity contribution in [3.05, 3.63) is 119 Å². The van der Waals surface area contributed by atoms with Crippen LogP contribution < -0.4 is 20.1 Å². The van der Waals surface area contributed by atoms with Crippen molar-refractivity contribution >= 4 is 56.3 Å². The summed E-state index contributed by atoms with van der Waals surface area (Å²) in [6.07, 6.45) is -0.790. The second-order valence-corrected chi connectivity index (χ2v) is 20.2. The van der Waals surface area contributed by atoms with Crippen LogP contribution in [0.2, 0.25) is 0 Å². The summed E-state index contributed by atoms with van der Waals surface area (Å²) in [6.45, 7) is 9.70. The number of thiophene rings is 1. The third kappa shape index (κ3) is 14.2. The zero-order chi connectivity index (χ0) is 51.2. The Morgan fingerprint density at radius 1 is 0.792 bits per heavy atom. The Kier molecular flexibility index (Phi) is 18.9. The highest BCUT2D eigenvalue weighted by atomic mass is 32.1. The number of hydrogen-bond donors (Lipinski definition) is 4. The molecule has 2 aromatic heterocycles. The number of likely N-dealkylation sites (tertiary alicyclic amines) is 1. The number of aliphatic hydroxyl groups excluding tert-OH is 1. The number of thiazole rings is 1. The minimum absolute atomic E-state index is 0.0244. The van der Waals surface area contributed by atoms with Gasteiger partial charge in [-0.05, 0) is 95.8 Å². The molecule has 4 aromatic carbocycles. The van der Waals surface area contributed by atoms with E-state index in [4.69, 9.17) is 28.4 Å². The molecule has 1 saturated heterocycles. The van der Waals surface area contributed by atoms with E-state index in [0.717, 1.165) is 42.2 Å². The number of ether oxygens (including phenoxy) is 6. The van der Waals surface area contributed by atoms with Crippen LogP contribution in [0.15, 0.2) is 96.5 Å². The van der Waals surface area contributed by atoms with Crippen LogP contribution in [0.4, 0.5) is 0 Å². The number of carbonyl (C=O) groups is 4. The van der Waals surface area contributed by atoms with E-state index < -0.39 is 35.4 Å². The number of aliphatic hydroxyl groups is 1. The molecule has 18 heteroatoms. The number of benzene rings is 4. The second-order valence-electron chi connectivity index (χ2n) is 18.3. The van der Waals surface area contributed by atoms with Crippen molar-refractivity contribution in [3.8, 4) is 38.1 Å². The molecule has 3 amide bonds. The van der Waals surface area contributed by atoms with Gasteiger partial charge in [-0.1, -0.05) is 45.0 Å². The first-order valence-corrected chi connectivity index (χ1v) is 25.4. The molecular formula is C54H62N4O12S2. The molecule has 382 valence electrons. The summed E-state index contributed by atoms with van der Waals surface area (Å²) in [4.78, 5) is 61.8. The summed E-state index contributed by atoms with van der Waals surface area (Å²) in [7, 11) is 1.60. The highest BCUT2D eigenvalue weighted by Gasteiger charge is 2.44. The number of carbonyl (C=O) groups excluding carboxylic acids is 4. The zero-order valence-electron chi connectivity index (χ0n) is 41.1. The maximum absolute atomic E-state index is 13.9. The van der Waals surface area contributed by atoms with Gasteiger partial charge in [-0.25, -0.2) is 4.98 Å². The van der Waals surface area contributed by atoms with Crippen LogP contribution in [0.1, 0.15) is 54.4 Å². The molecule has 7 rings (SSSR count). The number of phenolic OH excluding ortho intramolecular Hbond substituents is 1. The Hall–Kier alpha value is -6.25. The lowest BCUT2D eigenvalue weighted by atomic mass is 9.85. The number of methoxy groups -OCH3 is 1. The van der Waals surface area contributed by atoms with E-state index >= 15 is 0 Å². The minimum atomic E-state index is -0.975. The van der Waals surface area contributed by atoms with Crippen LogP contribution >= 0.6 is 22.7 Å². The van der Waals surface area contributed by atoms with Crippen LogP contribution in [0.5, 0.6) is 17.2 Å². The Labute approximate surface area is 427 Å². The van der Waals surface area contributed by atoms with E-state index in [1.807, 2.05) is 81.7 Å². The summed E-state index contributed by atoms with van der Waals surface area (Å²) < 4.78 is 34.3. The average Bonchev–Trinajstić information content (AvgIpc) is 4.10. The number of aryl methyl sites for hydroxylation is 1. The highest BCUT2D eigenvalue weighted by Crippen LogP contribution is 2.42. The summed E-state index contributed by atoms with van der Waals surface area (Å²) in [5.74, 6) is -0.0119. The van der Waals surface area contributed by atoms with Crippen molar-refractivity contribution in [1.82, 2.24) is 20.5 Å². The van der Waals surface area contributed by atoms with E-state index in [-0.39, 0.29) is 56.8 Å². The number of fused-ring (bicyclic) bond motifs is 1. The van der Waals surface area contributed by atoms with Crippen molar-refractivity contribution in [2.45, 2.75) is 58.8 Å². The number of nitrogens with zero attached hydrogens (tertiary/aromatic N) is 2. The molecule has 1 aliphatic rings. The molecule has 6 aromatic rings. The molecule has 3 heterocycles. The fourth-order valence-corrected chi connectivity index (χ4v) is 10.2. The third-order valence-electron chi connectivity index (χ3n) is 11.9. The van der Waals surface area contributed by atoms with Crippen molar-refractivity contribution < 1.29 is 57.8 Å². The number of hydrogen-bond acceptors (Lipinski definition) is 15. The first-order chi connectivity index (χ1) is 34.7. The number of rotatable bonds is 25. The van der Waals surface area contributed by atoms with Crippen LogP contribution in [0.25, 0.3) is 31.0 Å². The zero-order valence-corrected chi connectivity index (χ0v) is 42.8. The van der Waals surface area contributed by atoms with Gasteiger partial charge in [-0.15, -0.1) is 22.7 Å². The average molecular weight is 1020 g/mol. The van der Waals surface area contributed by atoms with E-state index in [1.54, 1.807) is 60.9 Å². The largest absolute Gasteiger partial charge is 0.508 e. The Bertz CT molecular complexity index is 2750. The Morgan fingerprint density at radius 2 is 1.40 bits per heavy atom. The lowest BCUT2D eigenvalue weighted by Gasteiger charge is -2.35. The molecule has 2 unspecified atom stereocenters. The molecule has 0 spiro atoms. The minimum Gasteiger partial charge on any atom is -0.508 e. The highest BCUT2D eigenvalue weighted by molar-refractivity contribution is 7.22. The lowest BCUT2D eigenvalue weighted by Crippen LogP contribution is -2.58. The van der Waals surface area contributed by atoms with E-state index in [1.165, 1.54) is 16.2 Å². The number of ketones is 1. The molecule has 0 aliphatic carbocycles. The lowest BCUT2D eigenvalue weighted by molar-refractivity contribution is -0.144. The van der Waals surface area contributed by atoms with Gasteiger partial charge in [-0.2, -0.15) is 0 Å². The molecule has 16 nitrogen and oxygen atoms in total. The van der Waals surface area contributed by atoms with Crippen molar-refractivity contribution in [3.63, 3.8) is 0 Å². The predicted octanol–water partition coefficient (Wildman–Crippen LogP) is 7.20. The summed E-state index contributed by atoms with van der Waals surface area (Å²) in [5.41, 5.74) is 5.95. The van der Waals surface area contributed by atoms with Crippen molar-refractivity contribution in [1.29, 1.82) is 0 Å². The monoisotopic (exact) mass is 1020 g/mol. The summed E-state index contributed by atoms with van der Waals surface area (Å²) in [5, 5.41) is 27.1. The number of phenols is 1. The van der Waals surface area contributed by atoms with Gasteiger partial charge in [0.1, 0.15) is 42.5 Å². The molecule has 0 radical (unpaired) electrons. The molecule has 4 N–H and O–H groups in total. The molecular weight excluding hydrogens is 961 g/mol. The third-order valence-corrected chi connectivity index (χ3v) is 14.1. The maximum atomic E-state index is 13.9. The van der Waals surface area contributed by atoms with Gasteiger partial charge in [0.05, 0.1) is 75.5 Å². The van der Waals surface area contributed by atoms with Crippen LogP contribution in [-0.4, -0.2) is 135 Å². The number of aromatic hydroxyl groups is 1. The quantitative estimate of drug-likeness (QED) is 0.0331. The van der Waals surface area contributed by atoms with Crippen LogP contribution in [0, 0.1) is 12.3 Å². The predicted molar refractivity (Wildman–Crippen MR) is 276 cm³/mol. The van der Waals surface area contributed by atoms with E-state index in [9.17, 15) is 29.4 Å². The number of nitrogens with one attached hydrogen (secondary N) is 2. The number of amides is 3. The van der Waals surface area contributed by atoms with Gasteiger partial charge >= 0.3 is 0 Å². The summed E-state index contributed by atoms with van der Waals surface area (Å²) in [6, 6.07) is 25.5. The SMILES string of the molecule is COc1ccc(-c2sc3cc(O)ccc3c2C(=O)c2ccc(OCCOCCOCCOCCOCC(=O)N[C@H](C(=O)N3CC(O)CC3C(=O)NCc3ccc(-c4scnc4C)cc3)C(C)(C)C)cc2)cc1. The maximum Gasteiger partial charge on any atom is 0.246 e. The van der Waals surface area contributed by atoms with Crippen molar-refractivity contribution in [2.24, 2.45) is 5.41 Å². The molecule has 1 fully saturated rings. The fourth-order valence-electron chi connectivity index (χ4n) is 8.13. The number of aromatic nitrogens is 1. The molecule has 0 bridgehead atoms. The van der Waals surface area contributed by atoms with Gasteiger partial charge in [0.2, 0.25) is 17.7 Å².